The SMILES string of the molecule is Cc1cc(-c2ccccc2)cc(-c2ccccc2)n1.Cc1cc(-c2ccccc2)nc(-c2ccccc2)c1.Cc1cc(-c2ccccc2)nc(-c2ccccc2)n1.Cc1nc(-c2ccccc2)nc(-c2ccccc2)n1.Cc1nccc(-c2ccccc2)n1.Cc1ncnc(-c2ccccc2)n1.Cc1ncncn1. The summed E-state index contributed by atoms with van der Waals surface area (Å²) in [5.74, 6) is 5.98. The van der Waals surface area contributed by atoms with Gasteiger partial charge in [0.15, 0.2) is 23.3 Å². The minimum atomic E-state index is 0.715. The molecule has 0 aliphatic rings. The van der Waals surface area contributed by atoms with E-state index < -0.39 is 0 Å². The van der Waals surface area contributed by atoms with Gasteiger partial charge in [0.1, 0.15) is 42.3 Å². The lowest BCUT2D eigenvalue weighted by atomic mass is 10.0. The third kappa shape index (κ3) is 23.9. The average Bonchev–Trinajstić information content (AvgIpc) is 0.841. The highest BCUT2D eigenvalue weighted by atomic mass is 15.0. The van der Waals surface area contributed by atoms with Gasteiger partial charge in [-0.05, 0) is 102 Å². The lowest BCUT2D eigenvalue weighted by Crippen LogP contribution is -1.99. The molecular weight excluding hydrogens is 1340 g/mol. The number of aromatic nitrogens is 15. The molecule has 7 aromatic heterocycles. The molecule has 0 spiro atoms. The van der Waals surface area contributed by atoms with Gasteiger partial charge in [-0.1, -0.05) is 303 Å². The molecule has 15 nitrogen and oxygen atoms in total. The third-order valence-corrected chi connectivity index (χ3v) is 16.2. The molecule has 0 radical (unpaired) electrons. The van der Waals surface area contributed by atoms with Crippen LogP contribution in [0.15, 0.2) is 365 Å². The minimum Gasteiger partial charge on any atom is -0.253 e. The molecule has 10 aromatic carbocycles. The lowest BCUT2D eigenvalue weighted by Gasteiger charge is -2.07. The predicted molar refractivity (Wildman–Crippen MR) is 440 cm³/mol. The van der Waals surface area contributed by atoms with Crippen LogP contribution in [0.1, 0.15) is 40.2 Å². The van der Waals surface area contributed by atoms with Crippen molar-refractivity contribution < 1.29 is 0 Å². The summed E-state index contributed by atoms with van der Waals surface area (Å²) in [7, 11) is 0. The Morgan fingerprint density at radius 2 is 0.495 bits per heavy atom. The number of hydrogen-bond acceptors (Lipinski definition) is 15. The fourth-order valence-corrected chi connectivity index (χ4v) is 11.0. The van der Waals surface area contributed by atoms with E-state index in [0.717, 1.165) is 125 Å². The maximum absolute atomic E-state index is 4.77. The molecule has 7 heterocycles. The number of aryl methyl sites for hydroxylation is 7. The maximum Gasteiger partial charge on any atom is 0.163 e. The highest BCUT2D eigenvalue weighted by Gasteiger charge is 2.11. The van der Waals surface area contributed by atoms with E-state index in [9.17, 15) is 0 Å². The Labute approximate surface area is 637 Å². The van der Waals surface area contributed by atoms with Crippen molar-refractivity contribution in [1.29, 1.82) is 0 Å². The molecular formula is C94H81N15. The molecule has 109 heavy (non-hydrogen) atoms. The van der Waals surface area contributed by atoms with E-state index in [1.54, 1.807) is 6.20 Å². The van der Waals surface area contributed by atoms with E-state index in [-0.39, 0.29) is 0 Å². The van der Waals surface area contributed by atoms with Crippen molar-refractivity contribution in [1.82, 2.24) is 74.8 Å². The van der Waals surface area contributed by atoms with Crippen molar-refractivity contribution in [2.75, 3.05) is 0 Å². The van der Waals surface area contributed by atoms with Gasteiger partial charge in [-0.25, -0.2) is 69.8 Å². The molecule has 0 aliphatic heterocycles. The van der Waals surface area contributed by atoms with E-state index in [1.165, 1.54) is 35.7 Å². The van der Waals surface area contributed by atoms with Crippen molar-refractivity contribution in [3.05, 3.63) is 405 Å². The smallest absolute Gasteiger partial charge is 0.163 e. The van der Waals surface area contributed by atoms with Crippen LogP contribution in [0.2, 0.25) is 0 Å². The molecule has 0 saturated carbocycles. The first-order chi connectivity index (χ1) is 53.4. The molecule has 532 valence electrons. The van der Waals surface area contributed by atoms with Gasteiger partial charge in [0, 0.05) is 67.7 Å². The summed E-state index contributed by atoms with van der Waals surface area (Å²) in [5.41, 5.74) is 20.5. The zero-order valence-electron chi connectivity index (χ0n) is 61.8. The van der Waals surface area contributed by atoms with E-state index >= 15 is 0 Å². The zero-order chi connectivity index (χ0) is 75.6. The molecule has 0 aliphatic carbocycles. The molecule has 0 atom stereocenters. The van der Waals surface area contributed by atoms with Crippen LogP contribution in [0.4, 0.5) is 0 Å². The second kappa shape index (κ2) is 40.1. The van der Waals surface area contributed by atoms with Crippen molar-refractivity contribution >= 4 is 0 Å². The summed E-state index contributed by atoms with van der Waals surface area (Å²) in [5, 5.41) is 0. The van der Waals surface area contributed by atoms with Crippen molar-refractivity contribution in [2.45, 2.75) is 48.5 Å². The second-order valence-electron chi connectivity index (χ2n) is 24.7. The first-order valence-corrected chi connectivity index (χ1v) is 35.6. The van der Waals surface area contributed by atoms with Crippen LogP contribution >= 0.6 is 0 Å². The number of rotatable bonds is 10. The first kappa shape index (κ1) is 75.8. The fourth-order valence-electron chi connectivity index (χ4n) is 11.0. The topological polar surface area (TPSA) is 193 Å². The van der Waals surface area contributed by atoms with E-state index in [4.69, 9.17) is 4.98 Å². The van der Waals surface area contributed by atoms with E-state index in [0.29, 0.717) is 11.6 Å². The van der Waals surface area contributed by atoms with Crippen LogP contribution in [-0.2, 0) is 0 Å². The van der Waals surface area contributed by atoms with Gasteiger partial charge >= 0.3 is 0 Å². The van der Waals surface area contributed by atoms with Crippen LogP contribution in [0.3, 0.4) is 0 Å². The number of hydrogen-bond donors (Lipinski definition) is 0. The Morgan fingerprint density at radius 1 is 0.174 bits per heavy atom. The second-order valence-corrected chi connectivity index (χ2v) is 24.7. The molecule has 15 heteroatoms. The van der Waals surface area contributed by atoms with Crippen molar-refractivity contribution in [3.63, 3.8) is 0 Å². The highest BCUT2D eigenvalue weighted by Crippen LogP contribution is 2.29. The fraction of sp³-hybridized carbons (Fsp3) is 0.0745. The lowest BCUT2D eigenvalue weighted by molar-refractivity contribution is 0.974. The van der Waals surface area contributed by atoms with Gasteiger partial charge in [0.25, 0.3) is 0 Å². The summed E-state index contributed by atoms with van der Waals surface area (Å²) in [6, 6.07) is 114. The largest absolute Gasteiger partial charge is 0.253 e. The Kier molecular flexibility index (Phi) is 27.9. The van der Waals surface area contributed by atoms with Crippen LogP contribution in [-0.4, -0.2) is 74.8 Å². The van der Waals surface area contributed by atoms with Gasteiger partial charge in [0.2, 0.25) is 0 Å². The van der Waals surface area contributed by atoms with Gasteiger partial charge < -0.3 is 0 Å². The normalized spacial score (nSPS) is 10.2. The Balaban J connectivity index is 0.000000128. The van der Waals surface area contributed by atoms with E-state index in [1.807, 2.05) is 284 Å². The molecule has 17 rings (SSSR count). The summed E-state index contributed by atoms with van der Waals surface area (Å²) >= 11 is 0. The standard InChI is InChI=1S/2C18H15N.C17H14N2.C16H13N3.C11H10N2.C10H9N3.C4H5N3/c1-14-12-17(15-8-4-2-5-9-15)13-18(19-14)16-10-6-3-7-11-16;1-14-12-17(15-8-4-2-5-9-15)19-18(13-14)16-10-6-3-7-11-16;1-13-12-16(14-8-4-2-5-9-14)19-17(18-13)15-10-6-3-7-11-15;1-12-17-15(13-8-4-2-5-9-13)19-16(18-12)14-10-6-3-7-11-14;1-9-12-8-7-11(13-9)10-5-3-2-4-6-10;1-8-11-7-12-10(13-8)9-5-3-2-4-6-9;1-4-6-2-5-3-7-4/h2*2-13H,1H3;2-12H,1H3;2-11H,1H3;2-8H,1H3;2-7H,1H3;2-3H,1H3. The highest BCUT2D eigenvalue weighted by molar-refractivity contribution is 5.72. The quantitative estimate of drug-likeness (QED) is 0.125. The molecule has 17 aromatic rings. The number of nitrogens with zero attached hydrogens (tertiary/aromatic N) is 15. The van der Waals surface area contributed by atoms with Gasteiger partial charge in [0.05, 0.1) is 28.5 Å². The molecule has 0 bridgehead atoms. The maximum atomic E-state index is 4.77. The summed E-state index contributed by atoms with van der Waals surface area (Å²) in [4.78, 5) is 63.7. The van der Waals surface area contributed by atoms with Crippen molar-refractivity contribution in [3.8, 4) is 113 Å². The van der Waals surface area contributed by atoms with Gasteiger partial charge in [-0.15, -0.1) is 0 Å². The average molecular weight is 1420 g/mol. The Bertz CT molecular complexity index is 4730. The Hall–Kier alpha value is -14.3. The first-order valence-electron chi connectivity index (χ1n) is 35.6. The van der Waals surface area contributed by atoms with Gasteiger partial charge in [-0.2, -0.15) is 0 Å². The molecule has 0 unspecified atom stereocenters. The molecule has 0 saturated heterocycles. The molecule has 0 fully saturated rings. The third-order valence-electron chi connectivity index (χ3n) is 16.2. The number of pyridine rings is 2. The zero-order valence-corrected chi connectivity index (χ0v) is 61.8. The molecule has 0 N–H and O–H groups in total. The van der Waals surface area contributed by atoms with E-state index in [2.05, 4.69) is 174 Å². The summed E-state index contributed by atoms with van der Waals surface area (Å²) in [6.07, 6.45) is 6.26. The molecule has 0 amide bonds. The summed E-state index contributed by atoms with van der Waals surface area (Å²) in [6.45, 7) is 13.6. The van der Waals surface area contributed by atoms with Crippen LogP contribution < -0.4 is 0 Å². The minimum absolute atomic E-state index is 0.715. The van der Waals surface area contributed by atoms with Crippen molar-refractivity contribution in [2.24, 2.45) is 0 Å². The van der Waals surface area contributed by atoms with Crippen LogP contribution in [0.5, 0.6) is 0 Å². The van der Waals surface area contributed by atoms with Gasteiger partial charge in [-0.3, -0.25) is 4.98 Å². The van der Waals surface area contributed by atoms with Crippen LogP contribution in [0.25, 0.3) is 113 Å². The van der Waals surface area contributed by atoms with Crippen LogP contribution in [0, 0.1) is 48.5 Å². The summed E-state index contributed by atoms with van der Waals surface area (Å²) < 4.78 is 0. The Morgan fingerprint density at radius 3 is 0.881 bits per heavy atom. The predicted octanol–water partition coefficient (Wildman–Crippen LogP) is 21.6. The number of benzene rings is 10. The monoisotopic (exact) mass is 1420 g/mol.